The maximum absolute atomic E-state index is 12.4. The molecule has 6 heteroatoms. The van der Waals surface area contributed by atoms with Crippen molar-refractivity contribution in [1.82, 2.24) is 5.32 Å². The highest BCUT2D eigenvalue weighted by Crippen LogP contribution is 2.20. The van der Waals surface area contributed by atoms with Crippen molar-refractivity contribution in [2.45, 2.75) is 33.2 Å². The molecule has 0 saturated carbocycles. The van der Waals surface area contributed by atoms with Gasteiger partial charge in [0.25, 0.3) is 0 Å². The van der Waals surface area contributed by atoms with Crippen LogP contribution in [0.5, 0.6) is 0 Å². The number of hydrogen-bond acceptors (Lipinski definition) is 3. The minimum absolute atomic E-state index is 0.104. The summed E-state index contributed by atoms with van der Waals surface area (Å²) in [5.41, 5.74) is 3.15. The molecule has 136 valence electrons. The van der Waals surface area contributed by atoms with Crippen LogP contribution in [0.4, 0.5) is 11.4 Å². The molecule has 2 rings (SSSR count). The average molecular weight is 353 g/mol. The third kappa shape index (κ3) is 6.05. The number of hydrogen-bond donors (Lipinski definition) is 3. The van der Waals surface area contributed by atoms with Gasteiger partial charge in [-0.2, -0.15) is 0 Å². The molecule has 0 aliphatic heterocycles. The second-order valence-corrected chi connectivity index (χ2v) is 6.18. The van der Waals surface area contributed by atoms with Crippen molar-refractivity contribution in [3.63, 3.8) is 0 Å². The number of amides is 3. The summed E-state index contributed by atoms with van der Waals surface area (Å²) in [5.74, 6) is -0.612. The molecule has 3 N–H and O–H groups in total. The molecule has 2 aromatic carbocycles. The van der Waals surface area contributed by atoms with Gasteiger partial charge in [0.15, 0.2) is 0 Å². The minimum atomic E-state index is -0.411. The summed E-state index contributed by atoms with van der Waals surface area (Å²) in [6.45, 7) is 4.83. The molecule has 0 radical (unpaired) electrons. The standard InChI is InChI=1S/C20H23N3O3/c1-13-7-9-16(10-8-13)19(22-15(3)25)12-20(26)23-18-6-4-5-17(11-18)21-14(2)24/h4-11,19H,12H2,1-3H3,(H,21,24)(H,22,25)(H,23,26). The van der Waals surface area contributed by atoms with Gasteiger partial charge in [0.2, 0.25) is 17.7 Å². The Hall–Kier alpha value is -3.15. The van der Waals surface area contributed by atoms with Gasteiger partial charge in [-0.15, -0.1) is 0 Å². The SMILES string of the molecule is CC(=O)Nc1cccc(NC(=O)CC(NC(C)=O)c2ccc(C)cc2)c1. The van der Waals surface area contributed by atoms with Crippen LogP contribution in [0, 0.1) is 6.92 Å². The Kier molecular flexibility index (Phi) is 6.49. The van der Waals surface area contributed by atoms with Crippen LogP contribution in [0.1, 0.15) is 37.4 Å². The van der Waals surface area contributed by atoms with Crippen molar-refractivity contribution >= 4 is 29.1 Å². The summed E-state index contributed by atoms with van der Waals surface area (Å²) in [7, 11) is 0. The van der Waals surface area contributed by atoms with E-state index in [1.165, 1.54) is 13.8 Å². The topological polar surface area (TPSA) is 87.3 Å². The van der Waals surface area contributed by atoms with E-state index < -0.39 is 6.04 Å². The van der Waals surface area contributed by atoms with Crippen LogP contribution in [0.2, 0.25) is 0 Å². The molecule has 0 spiro atoms. The van der Waals surface area contributed by atoms with Gasteiger partial charge in [0, 0.05) is 25.2 Å². The lowest BCUT2D eigenvalue weighted by molar-refractivity contribution is -0.120. The molecule has 1 atom stereocenters. The summed E-state index contributed by atoms with van der Waals surface area (Å²) >= 11 is 0. The van der Waals surface area contributed by atoms with Gasteiger partial charge >= 0.3 is 0 Å². The molecule has 6 nitrogen and oxygen atoms in total. The van der Waals surface area contributed by atoms with Crippen molar-refractivity contribution in [2.24, 2.45) is 0 Å². The average Bonchev–Trinajstić information content (AvgIpc) is 2.54. The molecule has 0 aliphatic rings. The van der Waals surface area contributed by atoms with Gasteiger partial charge in [-0.1, -0.05) is 35.9 Å². The van der Waals surface area contributed by atoms with Crippen LogP contribution in [-0.4, -0.2) is 17.7 Å². The molecule has 0 aliphatic carbocycles. The van der Waals surface area contributed by atoms with E-state index in [4.69, 9.17) is 0 Å². The lowest BCUT2D eigenvalue weighted by Crippen LogP contribution is -2.29. The Morgan fingerprint density at radius 1 is 0.885 bits per heavy atom. The first-order chi connectivity index (χ1) is 12.3. The number of carbonyl (C=O) groups excluding carboxylic acids is 3. The van der Waals surface area contributed by atoms with Crippen LogP contribution in [0.3, 0.4) is 0 Å². The summed E-state index contributed by atoms with van der Waals surface area (Å²) < 4.78 is 0. The number of carbonyl (C=O) groups is 3. The Morgan fingerprint density at radius 3 is 2.08 bits per heavy atom. The van der Waals surface area contributed by atoms with Crippen molar-refractivity contribution in [3.05, 3.63) is 59.7 Å². The highest BCUT2D eigenvalue weighted by Gasteiger charge is 2.17. The molecule has 0 heterocycles. The van der Waals surface area contributed by atoms with Crippen molar-refractivity contribution in [2.75, 3.05) is 10.6 Å². The first kappa shape index (κ1) is 19.2. The number of rotatable bonds is 6. The summed E-state index contributed by atoms with van der Waals surface area (Å²) in [6.07, 6.45) is 0.104. The Morgan fingerprint density at radius 2 is 1.50 bits per heavy atom. The van der Waals surface area contributed by atoms with Crippen LogP contribution >= 0.6 is 0 Å². The zero-order valence-corrected chi connectivity index (χ0v) is 15.1. The fourth-order valence-corrected chi connectivity index (χ4v) is 2.57. The second-order valence-electron chi connectivity index (χ2n) is 6.18. The normalized spacial score (nSPS) is 11.3. The fourth-order valence-electron chi connectivity index (χ4n) is 2.57. The van der Waals surface area contributed by atoms with E-state index in [1.54, 1.807) is 24.3 Å². The third-order valence-electron chi connectivity index (χ3n) is 3.71. The highest BCUT2D eigenvalue weighted by molar-refractivity contribution is 5.93. The zero-order chi connectivity index (χ0) is 19.1. The van der Waals surface area contributed by atoms with Crippen LogP contribution in [0.25, 0.3) is 0 Å². The van der Waals surface area contributed by atoms with Crippen molar-refractivity contribution in [3.8, 4) is 0 Å². The van der Waals surface area contributed by atoms with Crippen LogP contribution < -0.4 is 16.0 Å². The van der Waals surface area contributed by atoms with E-state index >= 15 is 0 Å². The van der Waals surface area contributed by atoms with E-state index in [0.717, 1.165) is 11.1 Å². The van der Waals surface area contributed by atoms with E-state index in [2.05, 4.69) is 16.0 Å². The molecule has 0 bridgehead atoms. The lowest BCUT2D eigenvalue weighted by atomic mass is 10.0. The third-order valence-corrected chi connectivity index (χ3v) is 3.71. The monoisotopic (exact) mass is 353 g/mol. The van der Waals surface area contributed by atoms with Gasteiger partial charge in [-0.3, -0.25) is 14.4 Å². The maximum Gasteiger partial charge on any atom is 0.226 e. The fraction of sp³-hybridized carbons (Fsp3) is 0.250. The van der Waals surface area contributed by atoms with Gasteiger partial charge in [-0.25, -0.2) is 0 Å². The highest BCUT2D eigenvalue weighted by atomic mass is 16.2. The second kappa shape index (κ2) is 8.80. The predicted molar refractivity (Wildman–Crippen MR) is 102 cm³/mol. The molecule has 2 aromatic rings. The smallest absolute Gasteiger partial charge is 0.226 e. The lowest BCUT2D eigenvalue weighted by Gasteiger charge is -2.18. The maximum atomic E-state index is 12.4. The van der Waals surface area contributed by atoms with E-state index in [1.807, 2.05) is 31.2 Å². The zero-order valence-electron chi connectivity index (χ0n) is 15.1. The van der Waals surface area contributed by atoms with Crippen molar-refractivity contribution in [1.29, 1.82) is 0 Å². The molecule has 1 unspecified atom stereocenters. The number of aryl methyl sites for hydroxylation is 1. The van der Waals surface area contributed by atoms with Gasteiger partial charge < -0.3 is 16.0 Å². The van der Waals surface area contributed by atoms with Gasteiger partial charge in [0.1, 0.15) is 0 Å². The molecular weight excluding hydrogens is 330 g/mol. The molecule has 26 heavy (non-hydrogen) atoms. The number of nitrogens with one attached hydrogen (secondary N) is 3. The molecule has 0 saturated heterocycles. The largest absolute Gasteiger partial charge is 0.349 e. The minimum Gasteiger partial charge on any atom is -0.349 e. The summed E-state index contributed by atoms with van der Waals surface area (Å²) in [4.78, 5) is 35.1. The molecule has 3 amide bonds. The molecule has 0 aromatic heterocycles. The van der Waals surface area contributed by atoms with Gasteiger partial charge in [0.05, 0.1) is 12.5 Å². The first-order valence-corrected chi connectivity index (χ1v) is 8.34. The number of anilines is 2. The Balaban J connectivity index is 2.08. The quantitative estimate of drug-likeness (QED) is 0.745. The summed E-state index contributed by atoms with van der Waals surface area (Å²) in [5, 5.41) is 8.28. The molecular formula is C20H23N3O3. The van der Waals surface area contributed by atoms with E-state index in [-0.39, 0.29) is 24.1 Å². The van der Waals surface area contributed by atoms with Gasteiger partial charge in [-0.05, 0) is 30.7 Å². The molecule has 0 fully saturated rings. The Labute approximate surface area is 153 Å². The van der Waals surface area contributed by atoms with Crippen molar-refractivity contribution < 1.29 is 14.4 Å². The number of benzene rings is 2. The predicted octanol–water partition coefficient (Wildman–Crippen LogP) is 3.16. The van der Waals surface area contributed by atoms with Crippen LogP contribution in [0.15, 0.2) is 48.5 Å². The van der Waals surface area contributed by atoms with Crippen LogP contribution in [-0.2, 0) is 14.4 Å². The van der Waals surface area contributed by atoms with E-state index in [0.29, 0.717) is 11.4 Å². The first-order valence-electron chi connectivity index (χ1n) is 8.34. The summed E-state index contributed by atoms with van der Waals surface area (Å²) in [6, 6.07) is 14.2. The van der Waals surface area contributed by atoms with E-state index in [9.17, 15) is 14.4 Å². The Bertz CT molecular complexity index is 800.